The van der Waals surface area contributed by atoms with Crippen molar-refractivity contribution >= 4 is 44.8 Å². The summed E-state index contributed by atoms with van der Waals surface area (Å²) in [6.07, 6.45) is 9.93. The first-order chi connectivity index (χ1) is 24.0. The minimum absolute atomic E-state index is 0.0589. The number of aromatic nitrogens is 2. The van der Waals surface area contributed by atoms with Crippen LogP contribution in [0, 0.1) is 17.8 Å². The van der Waals surface area contributed by atoms with E-state index in [1.165, 1.54) is 29.1 Å². The van der Waals surface area contributed by atoms with Gasteiger partial charge in [-0.3, -0.25) is 23.8 Å². The van der Waals surface area contributed by atoms with Crippen molar-refractivity contribution in [1.82, 2.24) is 14.5 Å². The number of allylic oxidation sites excluding steroid dienone is 2. The highest BCUT2D eigenvalue weighted by molar-refractivity contribution is 7.92. The molecule has 1 saturated carbocycles. The summed E-state index contributed by atoms with van der Waals surface area (Å²) < 4.78 is 34.4. The first-order valence-electron chi connectivity index (χ1n) is 17.2. The molecule has 4 aliphatic rings. The molecule has 2 aromatic carbocycles. The van der Waals surface area contributed by atoms with Crippen molar-refractivity contribution in [2.45, 2.75) is 50.9 Å². The normalized spacial score (nSPS) is 28.6. The average molecular weight is 720 g/mol. The number of benzene rings is 2. The zero-order valence-corrected chi connectivity index (χ0v) is 30.1. The monoisotopic (exact) mass is 719 g/mol. The standard InChI is InChI=1S/C37H42ClN5O6S/c1-23-6-4-8-32(44)28-12-9-26(28)18-43-21-37(15-5-7-24-16-27(38)11-13-30(24)37)22-49-33-14-10-25(17-31(33)43)34(45)40-50(47,20-23)41-35(46)29-19-42(2)39-36(29)48-3/h4,8,10-11,13-14,16-17,19,23,26,28H,5-7,9,12,15,18,20-22H2,1-3H3,(H,40,41,45,46,47)/b8-4+/t23-,26-,28+,37-,50-/m0/s1. The quantitative estimate of drug-likeness (QED) is 0.365. The third kappa shape index (κ3) is 6.67. The summed E-state index contributed by atoms with van der Waals surface area (Å²) in [5.41, 5.74) is 3.15. The van der Waals surface area contributed by atoms with Crippen LogP contribution >= 0.6 is 11.6 Å². The van der Waals surface area contributed by atoms with E-state index in [9.17, 15) is 18.6 Å². The van der Waals surface area contributed by atoms with E-state index in [4.69, 9.17) is 21.1 Å². The molecular formula is C37H42ClN5O6S. The molecular weight excluding hydrogens is 678 g/mol. The van der Waals surface area contributed by atoms with E-state index in [1.807, 2.05) is 13.0 Å². The number of carbonyl (C=O) groups is 3. The van der Waals surface area contributed by atoms with Gasteiger partial charge in [0, 0.05) is 48.3 Å². The van der Waals surface area contributed by atoms with Gasteiger partial charge in [-0.2, -0.15) is 0 Å². The number of ketones is 1. The number of carbonyl (C=O) groups excluding carboxylic acids is 3. The van der Waals surface area contributed by atoms with Crippen LogP contribution in [0.25, 0.3) is 0 Å². The van der Waals surface area contributed by atoms with Crippen molar-refractivity contribution in [2.24, 2.45) is 29.2 Å². The average Bonchev–Trinajstić information content (AvgIpc) is 3.37. The van der Waals surface area contributed by atoms with Crippen LogP contribution in [0.15, 0.2) is 59.1 Å². The van der Waals surface area contributed by atoms with Crippen molar-refractivity contribution in [3.05, 3.63) is 82.0 Å². The molecule has 2 bridgehead atoms. The highest BCUT2D eigenvalue weighted by Gasteiger charge is 2.44. The van der Waals surface area contributed by atoms with Crippen molar-refractivity contribution in [2.75, 3.05) is 37.5 Å². The van der Waals surface area contributed by atoms with E-state index in [0.29, 0.717) is 36.9 Å². The zero-order valence-electron chi connectivity index (χ0n) is 28.5. The lowest BCUT2D eigenvalue weighted by Gasteiger charge is -2.44. The molecule has 0 radical (unpaired) electrons. The maximum Gasteiger partial charge on any atom is 0.286 e. The Kier molecular flexibility index (Phi) is 9.27. The predicted octanol–water partition coefficient (Wildman–Crippen LogP) is 5.70. The summed E-state index contributed by atoms with van der Waals surface area (Å²) in [5, 5.41) is 4.83. The number of nitrogens with one attached hydrogen (secondary N) is 1. The molecule has 1 fully saturated rings. The first kappa shape index (κ1) is 34.3. The molecule has 2 amide bonds. The molecule has 50 heavy (non-hydrogen) atoms. The number of hydrogen-bond donors (Lipinski definition) is 1. The Bertz CT molecular complexity index is 2020. The van der Waals surface area contributed by atoms with E-state index >= 15 is 0 Å². The van der Waals surface area contributed by atoms with E-state index in [2.05, 4.69) is 31.2 Å². The molecule has 5 atom stereocenters. The zero-order chi connectivity index (χ0) is 35.2. The second kappa shape index (κ2) is 13.5. The van der Waals surface area contributed by atoms with E-state index in [-0.39, 0.29) is 51.7 Å². The van der Waals surface area contributed by atoms with E-state index in [0.717, 1.165) is 37.8 Å². The van der Waals surface area contributed by atoms with Gasteiger partial charge in [0.15, 0.2) is 5.78 Å². The Morgan fingerprint density at radius 1 is 1.18 bits per heavy atom. The van der Waals surface area contributed by atoms with Crippen LogP contribution in [0.5, 0.6) is 11.6 Å². The third-order valence-corrected chi connectivity index (χ3v) is 12.8. The summed E-state index contributed by atoms with van der Waals surface area (Å²) in [6, 6.07) is 11.3. The lowest BCUT2D eigenvalue weighted by atomic mass is 9.68. The summed E-state index contributed by atoms with van der Waals surface area (Å²) in [4.78, 5) is 43.1. The number of rotatable bonds is 3. The molecule has 2 aliphatic carbocycles. The topological polar surface area (TPSA) is 132 Å². The van der Waals surface area contributed by atoms with E-state index < -0.39 is 21.7 Å². The van der Waals surface area contributed by atoms with Crippen LogP contribution in [-0.4, -0.2) is 64.1 Å². The number of aryl methyl sites for hydroxylation is 2. The maximum atomic E-state index is 14.5. The molecule has 7 rings (SSSR count). The number of amides is 2. The number of ether oxygens (including phenoxy) is 2. The number of nitrogens with zero attached hydrogens (tertiary/aromatic N) is 4. The number of hydrogen-bond acceptors (Lipinski definition) is 8. The van der Waals surface area contributed by atoms with Crippen molar-refractivity contribution < 1.29 is 28.1 Å². The van der Waals surface area contributed by atoms with Gasteiger partial charge in [0.2, 0.25) is 5.88 Å². The maximum absolute atomic E-state index is 14.5. The minimum Gasteiger partial charge on any atom is -0.490 e. The SMILES string of the molecule is COc1nn(C)cc1C(=O)N[S@@]1(=O)=NC(=O)c2ccc3c(c2)N(C[C@@H]2CC[C@H]2C(=O)/C=C/C[C@H](C)C1)C[C@@]1(CCCc2cc(Cl)ccc21)CO3. The molecule has 264 valence electrons. The van der Waals surface area contributed by atoms with Crippen LogP contribution in [0.2, 0.25) is 5.02 Å². The van der Waals surface area contributed by atoms with Crippen molar-refractivity contribution in [1.29, 1.82) is 0 Å². The molecule has 0 saturated heterocycles. The predicted molar refractivity (Wildman–Crippen MR) is 191 cm³/mol. The first-order valence-corrected chi connectivity index (χ1v) is 19.2. The fourth-order valence-electron chi connectivity index (χ4n) is 7.95. The lowest BCUT2D eigenvalue weighted by Crippen LogP contribution is -2.49. The summed E-state index contributed by atoms with van der Waals surface area (Å²) in [7, 11) is -0.621. The third-order valence-electron chi connectivity index (χ3n) is 10.6. The van der Waals surface area contributed by atoms with Gasteiger partial charge in [0.1, 0.15) is 21.2 Å². The Morgan fingerprint density at radius 3 is 2.80 bits per heavy atom. The van der Waals surface area contributed by atoms with Crippen LogP contribution in [0.4, 0.5) is 5.69 Å². The highest BCUT2D eigenvalue weighted by atomic mass is 35.5. The van der Waals surface area contributed by atoms with Gasteiger partial charge in [0.25, 0.3) is 11.8 Å². The molecule has 11 nitrogen and oxygen atoms in total. The van der Waals surface area contributed by atoms with E-state index in [1.54, 1.807) is 37.4 Å². The fourth-order valence-corrected chi connectivity index (χ4v) is 10.0. The van der Waals surface area contributed by atoms with Crippen molar-refractivity contribution in [3.63, 3.8) is 0 Å². The Morgan fingerprint density at radius 2 is 2.02 bits per heavy atom. The van der Waals surface area contributed by atoms with Gasteiger partial charge < -0.3 is 14.4 Å². The lowest BCUT2D eigenvalue weighted by molar-refractivity contribution is -0.122. The second-order valence-electron chi connectivity index (χ2n) is 14.2. The van der Waals surface area contributed by atoms with Gasteiger partial charge in [-0.25, -0.2) is 4.21 Å². The molecule has 3 aromatic rings. The van der Waals surface area contributed by atoms with Crippen LogP contribution in [-0.2, 0) is 33.6 Å². The summed E-state index contributed by atoms with van der Waals surface area (Å²) in [6.45, 7) is 3.56. The van der Waals surface area contributed by atoms with Gasteiger partial charge in [0.05, 0.1) is 25.2 Å². The number of methoxy groups -OCH3 is 1. The Hall–Kier alpha value is -4.16. The summed E-state index contributed by atoms with van der Waals surface area (Å²) in [5.74, 6) is -0.985. The highest BCUT2D eigenvalue weighted by Crippen LogP contribution is 2.46. The number of anilines is 1. The summed E-state index contributed by atoms with van der Waals surface area (Å²) >= 11 is 6.42. The number of fused-ring (bicyclic) bond motifs is 4. The molecule has 0 unspecified atom stereocenters. The molecule has 1 aromatic heterocycles. The van der Waals surface area contributed by atoms with Gasteiger partial charge in [-0.15, -0.1) is 9.46 Å². The van der Waals surface area contributed by atoms with Crippen molar-refractivity contribution in [3.8, 4) is 11.6 Å². The Labute approximate surface area is 297 Å². The van der Waals surface area contributed by atoms with Gasteiger partial charge in [-0.1, -0.05) is 30.7 Å². The van der Waals surface area contributed by atoms with Crippen LogP contribution in [0.1, 0.15) is 70.9 Å². The molecule has 2 aliphatic heterocycles. The van der Waals surface area contributed by atoms with Gasteiger partial charge in [-0.05, 0) is 97.9 Å². The van der Waals surface area contributed by atoms with Gasteiger partial charge >= 0.3 is 0 Å². The number of halogens is 1. The Balaban J connectivity index is 1.30. The molecule has 1 N–H and O–H groups in total. The molecule has 3 heterocycles. The minimum atomic E-state index is -3.64. The molecule has 13 heteroatoms. The smallest absolute Gasteiger partial charge is 0.286 e. The largest absolute Gasteiger partial charge is 0.490 e. The second-order valence-corrected chi connectivity index (χ2v) is 16.7. The van der Waals surface area contributed by atoms with Crippen LogP contribution < -0.4 is 19.1 Å². The molecule has 1 spiro atoms. The fraction of sp³-hybridized carbons (Fsp3) is 0.459. The van der Waals surface area contributed by atoms with Crippen LogP contribution in [0.3, 0.4) is 0 Å².